The van der Waals surface area contributed by atoms with Crippen molar-refractivity contribution < 1.29 is 14.3 Å². The summed E-state index contributed by atoms with van der Waals surface area (Å²) in [5, 5.41) is 0. The molecule has 0 radical (unpaired) electrons. The second kappa shape index (κ2) is 12.5. The maximum absolute atomic E-state index is 11.6. The highest BCUT2D eigenvalue weighted by Crippen LogP contribution is 2.20. The maximum atomic E-state index is 11.6. The molecule has 0 heterocycles. The summed E-state index contributed by atoms with van der Waals surface area (Å²) in [4.78, 5) is 11.6. The Morgan fingerprint density at radius 3 is 2.14 bits per heavy atom. The molecule has 1 aliphatic carbocycles. The van der Waals surface area contributed by atoms with Crippen LogP contribution < -0.4 is 0 Å². The molecular formula is C19H34O3. The highest BCUT2D eigenvalue weighted by molar-refractivity contribution is 5.61. The van der Waals surface area contributed by atoms with Crippen LogP contribution in [0, 0.1) is 5.92 Å². The summed E-state index contributed by atoms with van der Waals surface area (Å²) in [5.74, 6) is 1.27. The quantitative estimate of drug-likeness (QED) is 0.555. The summed E-state index contributed by atoms with van der Waals surface area (Å²) in [5.41, 5.74) is 0. The summed E-state index contributed by atoms with van der Waals surface area (Å²) in [7, 11) is 0. The molecule has 22 heavy (non-hydrogen) atoms. The van der Waals surface area contributed by atoms with E-state index in [1.807, 2.05) is 0 Å². The molecule has 0 aromatic heterocycles. The number of carbonyl (C=O) groups excluding carboxylic acids is 1. The number of allylic oxidation sites excluding steroid dienone is 2. The van der Waals surface area contributed by atoms with Gasteiger partial charge < -0.3 is 9.47 Å². The van der Waals surface area contributed by atoms with Crippen molar-refractivity contribution in [3.8, 4) is 0 Å². The van der Waals surface area contributed by atoms with Crippen molar-refractivity contribution in [1.29, 1.82) is 0 Å². The number of hydrogen-bond donors (Lipinski definition) is 0. The summed E-state index contributed by atoms with van der Waals surface area (Å²) in [6, 6.07) is 0. The van der Waals surface area contributed by atoms with Crippen LogP contribution in [-0.2, 0) is 9.47 Å². The van der Waals surface area contributed by atoms with Gasteiger partial charge in [0.25, 0.3) is 0 Å². The zero-order valence-electron chi connectivity index (χ0n) is 14.6. The molecule has 0 fully saturated rings. The van der Waals surface area contributed by atoms with Crippen LogP contribution in [0.15, 0.2) is 11.8 Å². The molecule has 3 heteroatoms. The largest absolute Gasteiger partial charge is 0.513 e. The van der Waals surface area contributed by atoms with E-state index in [4.69, 9.17) is 9.47 Å². The van der Waals surface area contributed by atoms with Crippen molar-refractivity contribution in [3.05, 3.63) is 11.8 Å². The molecular weight excluding hydrogens is 276 g/mol. The van der Waals surface area contributed by atoms with Crippen molar-refractivity contribution in [2.75, 3.05) is 6.61 Å². The monoisotopic (exact) mass is 310 g/mol. The van der Waals surface area contributed by atoms with Crippen molar-refractivity contribution in [3.63, 3.8) is 0 Å². The van der Waals surface area contributed by atoms with Gasteiger partial charge in [0, 0.05) is 6.42 Å². The SMILES string of the molecule is CCOC(=O)O/C1=C\C(C)CCCCCCCCCCCC1. The Labute approximate surface area is 136 Å². The minimum Gasteiger partial charge on any atom is -0.434 e. The molecule has 0 aromatic rings. The molecule has 0 bridgehead atoms. The number of hydrogen-bond acceptors (Lipinski definition) is 3. The lowest BCUT2D eigenvalue weighted by Crippen LogP contribution is -2.08. The fourth-order valence-corrected chi connectivity index (χ4v) is 3.00. The first-order valence-electron chi connectivity index (χ1n) is 9.27. The normalized spacial score (nSPS) is 25.2. The van der Waals surface area contributed by atoms with Gasteiger partial charge in [0.1, 0.15) is 5.76 Å². The van der Waals surface area contributed by atoms with Crippen molar-refractivity contribution in [1.82, 2.24) is 0 Å². The first kappa shape index (κ1) is 19.1. The standard InChI is InChI=1S/C19H34O3/c1-3-21-19(20)22-18-15-13-11-9-7-5-4-6-8-10-12-14-17(2)16-18/h16-17H,3-15H2,1-2H3/b18-16-. The Kier molecular flexibility index (Phi) is 10.9. The van der Waals surface area contributed by atoms with Crippen LogP contribution in [-0.4, -0.2) is 12.8 Å². The van der Waals surface area contributed by atoms with E-state index in [-0.39, 0.29) is 0 Å². The van der Waals surface area contributed by atoms with E-state index < -0.39 is 6.16 Å². The highest BCUT2D eigenvalue weighted by Gasteiger charge is 2.10. The average molecular weight is 310 g/mol. The predicted molar refractivity (Wildman–Crippen MR) is 90.8 cm³/mol. The second-order valence-corrected chi connectivity index (χ2v) is 6.47. The van der Waals surface area contributed by atoms with Gasteiger partial charge >= 0.3 is 6.16 Å². The van der Waals surface area contributed by atoms with E-state index in [0.29, 0.717) is 12.5 Å². The Morgan fingerprint density at radius 2 is 1.55 bits per heavy atom. The first-order valence-corrected chi connectivity index (χ1v) is 9.27. The predicted octanol–water partition coefficient (Wildman–Crippen LogP) is 6.37. The molecule has 0 spiro atoms. The molecule has 0 aliphatic heterocycles. The van der Waals surface area contributed by atoms with E-state index in [9.17, 15) is 4.79 Å². The van der Waals surface area contributed by atoms with Crippen LogP contribution in [0.25, 0.3) is 0 Å². The molecule has 1 atom stereocenters. The average Bonchev–Trinajstić information content (AvgIpc) is 2.48. The topological polar surface area (TPSA) is 35.5 Å². The van der Waals surface area contributed by atoms with E-state index in [2.05, 4.69) is 13.0 Å². The van der Waals surface area contributed by atoms with Crippen LogP contribution in [0.2, 0.25) is 0 Å². The minimum absolute atomic E-state index is 0.363. The molecule has 0 N–H and O–H groups in total. The Morgan fingerprint density at radius 1 is 1.00 bits per heavy atom. The summed E-state index contributed by atoms with van der Waals surface area (Å²) in [6.45, 7) is 4.38. The smallest absolute Gasteiger partial charge is 0.434 e. The molecule has 0 saturated carbocycles. The third-order valence-corrected chi connectivity index (χ3v) is 4.28. The fourth-order valence-electron chi connectivity index (χ4n) is 3.00. The van der Waals surface area contributed by atoms with Gasteiger partial charge in [0.15, 0.2) is 0 Å². The maximum Gasteiger partial charge on any atom is 0.513 e. The van der Waals surface area contributed by atoms with Crippen LogP contribution in [0.4, 0.5) is 4.79 Å². The lowest BCUT2D eigenvalue weighted by molar-refractivity contribution is 0.0786. The molecule has 1 aliphatic rings. The molecule has 0 saturated heterocycles. The van der Waals surface area contributed by atoms with Gasteiger partial charge in [-0.05, 0) is 31.8 Å². The van der Waals surface area contributed by atoms with Gasteiger partial charge in [-0.15, -0.1) is 0 Å². The van der Waals surface area contributed by atoms with Crippen LogP contribution in [0.5, 0.6) is 0 Å². The van der Waals surface area contributed by atoms with Gasteiger partial charge in [-0.25, -0.2) is 4.79 Å². The molecule has 1 unspecified atom stereocenters. The lowest BCUT2D eigenvalue weighted by atomic mass is 10.0. The fraction of sp³-hybridized carbons (Fsp3) is 0.842. The molecule has 1 rings (SSSR count). The zero-order chi connectivity index (χ0) is 16.0. The Balaban J connectivity index is 2.52. The van der Waals surface area contributed by atoms with Gasteiger partial charge in [0.05, 0.1) is 6.61 Å². The van der Waals surface area contributed by atoms with Gasteiger partial charge in [0.2, 0.25) is 0 Å². The first-order chi connectivity index (χ1) is 10.7. The van der Waals surface area contributed by atoms with E-state index in [0.717, 1.165) is 18.6 Å². The van der Waals surface area contributed by atoms with Crippen molar-refractivity contribution >= 4 is 6.16 Å². The van der Waals surface area contributed by atoms with Crippen LogP contribution in [0.3, 0.4) is 0 Å². The van der Waals surface area contributed by atoms with E-state index >= 15 is 0 Å². The van der Waals surface area contributed by atoms with Gasteiger partial charge in [-0.2, -0.15) is 0 Å². The number of ether oxygens (including phenoxy) is 2. The second-order valence-electron chi connectivity index (χ2n) is 6.47. The summed E-state index contributed by atoms with van der Waals surface area (Å²) >= 11 is 0. The Bertz CT molecular complexity index is 323. The summed E-state index contributed by atoms with van der Waals surface area (Å²) < 4.78 is 10.3. The molecule has 0 amide bonds. The minimum atomic E-state index is -0.557. The number of rotatable bonds is 2. The van der Waals surface area contributed by atoms with Gasteiger partial charge in [-0.1, -0.05) is 64.7 Å². The Hall–Kier alpha value is -0.990. The van der Waals surface area contributed by atoms with E-state index in [1.165, 1.54) is 64.2 Å². The van der Waals surface area contributed by atoms with Crippen molar-refractivity contribution in [2.45, 2.75) is 90.9 Å². The third-order valence-electron chi connectivity index (χ3n) is 4.28. The summed E-state index contributed by atoms with van der Waals surface area (Å²) in [6.07, 6.45) is 16.7. The number of carbonyl (C=O) groups is 1. The highest BCUT2D eigenvalue weighted by atomic mass is 16.7. The van der Waals surface area contributed by atoms with Crippen LogP contribution in [0.1, 0.15) is 90.9 Å². The molecule has 128 valence electrons. The van der Waals surface area contributed by atoms with Crippen LogP contribution >= 0.6 is 0 Å². The molecule has 0 aromatic carbocycles. The van der Waals surface area contributed by atoms with Gasteiger partial charge in [-0.3, -0.25) is 0 Å². The molecule has 3 nitrogen and oxygen atoms in total. The van der Waals surface area contributed by atoms with E-state index in [1.54, 1.807) is 6.92 Å². The third kappa shape index (κ3) is 9.86. The lowest BCUT2D eigenvalue weighted by Gasteiger charge is -2.12. The van der Waals surface area contributed by atoms with Crippen molar-refractivity contribution in [2.24, 2.45) is 5.92 Å². The zero-order valence-corrected chi connectivity index (χ0v) is 14.6.